The van der Waals surface area contributed by atoms with E-state index in [-0.39, 0.29) is 10.8 Å². The molecule has 35 heavy (non-hydrogen) atoms. The van der Waals surface area contributed by atoms with Crippen LogP contribution < -0.4 is 9.62 Å². The number of carbonyl (C=O) groups is 1. The number of hydrogen-bond donors (Lipinski definition) is 1. The van der Waals surface area contributed by atoms with Crippen molar-refractivity contribution in [3.05, 3.63) is 109 Å². The number of nitrogens with one attached hydrogen (secondary N) is 1. The van der Waals surface area contributed by atoms with Crippen molar-refractivity contribution >= 4 is 33.1 Å². The molecule has 0 spiro atoms. The zero-order valence-electron chi connectivity index (χ0n) is 18.7. The van der Waals surface area contributed by atoms with Gasteiger partial charge in [0.05, 0.1) is 4.90 Å². The molecule has 2 aromatic heterocycles. The van der Waals surface area contributed by atoms with Gasteiger partial charge in [0.15, 0.2) is 0 Å². The molecule has 0 bridgehead atoms. The smallest absolute Gasteiger partial charge is 0.277 e. The number of fused-ring (bicyclic) bond motifs is 1. The predicted molar refractivity (Wildman–Crippen MR) is 135 cm³/mol. The first-order chi connectivity index (χ1) is 16.9. The summed E-state index contributed by atoms with van der Waals surface area (Å²) in [6, 6.07) is 26.0. The van der Waals surface area contributed by atoms with Gasteiger partial charge in [-0.1, -0.05) is 48.5 Å². The lowest BCUT2D eigenvalue weighted by molar-refractivity contribution is 0.0988. The van der Waals surface area contributed by atoms with E-state index in [1.54, 1.807) is 66.3 Å². The van der Waals surface area contributed by atoms with Crippen molar-refractivity contribution in [2.75, 3.05) is 16.7 Å². The van der Waals surface area contributed by atoms with Crippen LogP contribution >= 0.6 is 0 Å². The number of carbonyl (C=O) groups excluding carboxylic acids is 1. The van der Waals surface area contributed by atoms with Gasteiger partial charge >= 0.3 is 0 Å². The van der Waals surface area contributed by atoms with Crippen molar-refractivity contribution in [2.24, 2.45) is 0 Å². The zero-order valence-corrected chi connectivity index (χ0v) is 19.6. The van der Waals surface area contributed by atoms with Crippen molar-refractivity contribution in [2.45, 2.75) is 4.90 Å². The molecule has 5 aromatic rings. The standard InChI is InChI=1S/C26H21N5O3S/c1-30(21-13-15-22(16-14-21)35(33,34)29-20-11-6-3-7-12-20)25(32)24-23(19-9-4-2-5-10-19)28-26-27-17-8-18-31(24)26/h2-18,29H,1H3. The molecule has 1 N–H and O–H groups in total. The van der Waals surface area contributed by atoms with Crippen LogP contribution in [0.2, 0.25) is 0 Å². The summed E-state index contributed by atoms with van der Waals surface area (Å²) in [5.41, 5.74) is 2.69. The van der Waals surface area contributed by atoms with E-state index in [1.165, 1.54) is 17.0 Å². The predicted octanol–water partition coefficient (Wildman–Crippen LogP) is 4.47. The summed E-state index contributed by atoms with van der Waals surface area (Å²) in [5, 5.41) is 0. The zero-order chi connectivity index (χ0) is 24.4. The van der Waals surface area contributed by atoms with Gasteiger partial charge in [-0.2, -0.15) is 0 Å². The van der Waals surface area contributed by atoms with Gasteiger partial charge in [-0.15, -0.1) is 0 Å². The summed E-state index contributed by atoms with van der Waals surface area (Å²) in [5.74, 6) is 0.110. The molecule has 0 aliphatic heterocycles. The third kappa shape index (κ3) is 4.36. The van der Waals surface area contributed by atoms with Crippen LogP contribution in [-0.2, 0) is 10.0 Å². The lowest BCUT2D eigenvalue weighted by Gasteiger charge is -2.18. The summed E-state index contributed by atoms with van der Waals surface area (Å²) in [6.07, 6.45) is 3.37. The normalized spacial score (nSPS) is 11.3. The van der Waals surface area contributed by atoms with Gasteiger partial charge in [-0.3, -0.25) is 13.9 Å². The first-order valence-corrected chi connectivity index (χ1v) is 12.3. The Labute approximate surface area is 202 Å². The fourth-order valence-corrected chi connectivity index (χ4v) is 4.79. The van der Waals surface area contributed by atoms with Crippen LogP contribution in [0.25, 0.3) is 17.0 Å². The maximum atomic E-state index is 13.6. The number of aromatic nitrogens is 3. The minimum Gasteiger partial charge on any atom is -0.310 e. The molecule has 8 nitrogen and oxygen atoms in total. The molecular formula is C26H21N5O3S. The quantitative estimate of drug-likeness (QED) is 0.384. The summed E-state index contributed by atoms with van der Waals surface area (Å²) < 4.78 is 29.7. The summed E-state index contributed by atoms with van der Waals surface area (Å²) in [4.78, 5) is 24.1. The molecule has 0 radical (unpaired) electrons. The van der Waals surface area contributed by atoms with Crippen molar-refractivity contribution in [3.8, 4) is 11.3 Å². The van der Waals surface area contributed by atoms with E-state index in [0.29, 0.717) is 28.5 Å². The van der Waals surface area contributed by atoms with Crippen LogP contribution in [0.4, 0.5) is 11.4 Å². The Balaban J connectivity index is 1.47. The molecule has 0 atom stereocenters. The molecule has 0 unspecified atom stereocenters. The molecule has 0 saturated carbocycles. The molecule has 3 aromatic carbocycles. The molecule has 174 valence electrons. The van der Waals surface area contributed by atoms with E-state index in [1.807, 2.05) is 36.4 Å². The van der Waals surface area contributed by atoms with Gasteiger partial charge in [0.2, 0.25) is 5.78 Å². The van der Waals surface area contributed by atoms with E-state index in [0.717, 1.165) is 5.56 Å². The Kier molecular flexibility index (Phi) is 5.76. The average molecular weight is 484 g/mol. The Morgan fingerprint density at radius 3 is 2.23 bits per heavy atom. The van der Waals surface area contributed by atoms with E-state index in [4.69, 9.17) is 0 Å². The highest BCUT2D eigenvalue weighted by molar-refractivity contribution is 7.92. The molecule has 0 saturated heterocycles. The van der Waals surface area contributed by atoms with Gasteiger partial charge in [-0.05, 0) is 42.5 Å². The van der Waals surface area contributed by atoms with Crippen LogP contribution in [0.3, 0.4) is 0 Å². The average Bonchev–Trinajstić information content (AvgIpc) is 3.28. The number of hydrogen-bond acceptors (Lipinski definition) is 5. The number of sulfonamides is 1. The monoisotopic (exact) mass is 483 g/mol. The number of imidazole rings is 1. The number of benzene rings is 3. The molecule has 0 aliphatic rings. The van der Waals surface area contributed by atoms with Gasteiger partial charge in [0.1, 0.15) is 11.4 Å². The maximum Gasteiger partial charge on any atom is 0.277 e. The third-order valence-corrected chi connectivity index (χ3v) is 6.92. The Hall–Kier alpha value is -4.50. The van der Waals surface area contributed by atoms with Gasteiger partial charge in [-0.25, -0.2) is 18.4 Å². The van der Waals surface area contributed by atoms with Crippen LogP contribution in [0.15, 0.2) is 108 Å². The highest BCUT2D eigenvalue weighted by Gasteiger charge is 2.25. The molecule has 0 fully saturated rings. The number of nitrogens with zero attached hydrogens (tertiary/aromatic N) is 4. The third-order valence-electron chi connectivity index (χ3n) is 5.52. The molecular weight excluding hydrogens is 462 g/mol. The topological polar surface area (TPSA) is 96.7 Å². The molecule has 0 aliphatic carbocycles. The Morgan fingerprint density at radius 2 is 1.54 bits per heavy atom. The summed E-state index contributed by atoms with van der Waals surface area (Å²) >= 11 is 0. The number of anilines is 2. The second kappa shape index (κ2) is 9.03. The van der Waals surface area contributed by atoms with Crippen molar-refractivity contribution in [1.82, 2.24) is 14.4 Å². The van der Waals surface area contributed by atoms with Gasteiger partial charge in [0.25, 0.3) is 15.9 Å². The van der Waals surface area contributed by atoms with Gasteiger partial charge in [0, 0.05) is 36.4 Å². The fourth-order valence-electron chi connectivity index (χ4n) is 3.73. The first kappa shape index (κ1) is 22.3. The number of rotatable bonds is 6. The van der Waals surface area contributed by atoms with E-state index >= 15 is 0 Å². The van der Waals surface area contributed by atoms with E-state index < -0.39 is 10.0 Å². The molecule has 5 rings (SSSR count). The maximum absolute atomic E-state index is 13.6. The number of para-hydroxylation sites is 1. The second-order valence-electron chi connectivity index (χ2n) is 7.79. The minimum absolute atomic E-state index is 0.0925. The second-order valence-corrected chi connectivity index (χ2v) is 9.48. The largest absolute Gasteiger partial charge is 0.310 e. The van der Waals surface area contributed by atoms with Gasteiger partial charge < -0.3 is 4.90 Å². The molecule has 1 amide bonds. The Morgan fingerprint density at radius 1 is 0.886 bits per heavy atom. The number of amides is 1. The van der Waals surface area contributed by atoms with Crippen molar-refractivity contribution in [3.63, 3.8) is 0 Å². The lowest BCUT2D eigenvalue weighted by Crippen LogP contribution is -2.28. The summed E-state index contributed by atoms with van der Waals surface area (Å²) in [6.45, 7) is 0. The highest BCUT2D eigenvalue weighted by Crippen LogP contribution is 2.27. The SMILES string of the molecule is CN(C(=O)c1c(-c2ccccc2)nc2ncccn12)c1ccc(S(=O)(=O)Nc2ccccc2)cc1. The van der Waals surface area contributed by atoms with Crippen LogP contribution in [0.5, 0.6) is 0 Å². The van der Waals surface area contributed by atoms with E-state index in [2.05, 4.69) is 14.7 Å². The van der Waals surface area contributed by atoms with Crippen molar-refractivity contribution in [1.29, 1.82) is 0 Å². The highest BCUT2D eigenvalue weighted by atomic mass is 32.2. The van der Waals surface area contributed by atoms with Crippen LogP contribution in [-0.4, -0.2) is 35.7 Å². The minimum atomic E-state index is -3.77. The first-order valence-electron chi connectivity index (χ1n) is 10.8. The molecule has 9 heteroatoms. The van der Waals surface area contributed by atoms with Crippen LogP contribution in [0.1, 0.15) is 10.5 Å². The van der Waals surface area contributed by atoms with E-state index in [9.17, 15) is 13.2 Å². The fraction of sp³-hybridized carbons (Fsp3) is 0.0385. The molecule has 2 heterocycles. The summed E-state index contributed by atoms with van der Waals surface area (Å²) in [7, 11) is -2.13. The van der Waals surface area contributed by atoms with Crippen molar-refractivity contribution < 1.29 is 13.2 Å². The Bertz CT molecular complexity index is 1600. The lowest BCUT2D eigenvalue weighted by atomic mass is 10.1. The van der Waals surface area contributed by atoms with Crippen LogP contribution in [0, 0.1) is 0 Å².